The first-order chi connectivity index (χ1) is 6.83. The minimum absolute atomic E-state index is 0.611. The number of ether oxygens (including phenoxy) is 1. The van der Waals surface area contributed by atoms with Crippen molar-refractivity contribution in [1.29, 1.82) is 0 Å². The Balaban J connectivity index is 1.91. The molecule has 4 nitrogen and oxygen atoms in total. The molecule has 78 valence electrons. The first kappa shape index (κ1) is 12.1. The Morgan fingerprint density at radius 2 is 1.79 bits per heavy atom. The fraction of sp³-hybridized carbons (Fsp3) is 1.00. The van der Waals surface area contributed by atoms with Crippen LogP contribution in [0, 0.1) is 0 Å². The van der Waals surface area contributed by atoms with Crippen LogP contribution in [0.25, 0.3) is 0 Å². The maximum absolute atomic E-state index is 5.39. The summed E-state index contributed by atoms with van der Waals surface area (Å²) in [5.74, 6) is 0. The van der Waals surface area contributed by atoms with Crippen LogP contribution in [0.15, 0.2) is 0 Å². The Kier molecular flexibility index (Phi) is 6.38. The van der Waals surface area contributed by atoms with Gasteiger partial charge in [0.15, 0.2) is 0 Å². The standard InChI is InChI=1S/C9H19N2O2Si/c1-10-2-4-11(5-3-10)6-7-12-8-9-13-14/h2-9H2,1H3/q+3. The fourth-order valence-corrected chi connectivity index (χ4v) is 1.55. The molecule has 1 aliphatic heterocycles. The van der Waals surface area contributed by atoms with Crippen molar-refractivity contribution >= 4 is 10.5 Å². The van der Waals surface area contributed by atoms with Crippen LogP contribution in [0.5, 0.6) is 0 Å². The summed E-state index contributed by atoms with van der Waals surface area (Å²) in [6.07, 6.45) is 0. The van der Waals surface area contributed by atoms with Gasteiger partial charge >= 0.3 is 89.0 Å². The zero-order valence-corrected chi connectivity index (χ0v) is 9.87. The van der Waals surface area contributed by atoms with Crippen LogP contribution in [0.4, 0.5) is 0 Å². The molecular formula is C9H19N2O2Si+3. The van der Waals surface area contributed by atoms with E-state index in [1.54, 1.807) is 0 Å². The molecule has 0 radical (unpaired) electrons. The molecule has 0 saturated carbocycles. The monoisotopic (exact) mass is 215 g/mol. The van der Waals surface area contributed by atoms with Crippen molar-refractivity contribution in [1.82, 2.24) is 9.80 Å². The molecule has 1 saturated heterocycles. The van der Waals surface area contributed by atoms with Gasteiger partial charge in [-0.25, -0.2) is 0 Å². The van der Waals surface area contributed by atoms with Crippen LogP contribution < -0.4 is 0 Å². The van der Waals surface area contributed by atoms with Crippen molar-refractivity contribution in [2.75, 3.05) is 59.6 Å². The molecule has 1 heterocycles. The predicted molar refractivity (Wildman–Crippen MR) is 56.5 cm³/mol. The molecule has 0 amide bonds. The molecule has 0 bridgehead atoms. The molecule has 0 spiro atoms. The topological polar surface area (TPSA) is 24.9 Å². The van der Waals surface area contributed by atoms with E-state index in [4.69, 9.17) is 9.16 Å². The molecule has 0 aromatic rings. The van der Waals surface area contributed by atoms with E-state index in [1.807, 2.05) is 0 Å². The molecule has 0 aliphatic carbocycles. The van der Waals surface area contributed by atoms with E-state index in [-0.39, 0.29) is 0 Å². The van der Waals surface area contributed by atoms with Crippen LogP contribution in [0.3, 0.4) is 0 Å². The normalized spacial score (nSPS) is 20.2. The molecule has 1 fully saturated rings. The van der Waals surface area contributed by atoms with Crippen LogP contribution in [-0.2, 0) is 9.16 Å². The number of hydrogen-bond donors (Lipinski definition) is 0. The van der Waals surface area contributed by atoms with Gasteiger partial charge in [-0.3, -0.25) is 0 Å². The molecule has 0 unspecified atom stereocenters. The zero-order chi connectivity index (χ0) is 10.2. The summed E-state index contributed by atoms with van der Waals surface area (Å²) in [4.78, 5) is 4.80. The van der Waals surface area contributed by atoms with Crippen molar-refractivity contribution < 1.29 is 9.16 Å². The van der Waals surface area contributed by atoms with Gasteiger partial charge in [0.05, 0.1) is 0 Å². The number of likely N-dealkylation sites (N-methyl/N-ethyl adjacent to an activating group) is 1. The summed E-state index contributed by atoms with van der Waals surface area (Å²) in [6.45, 7) is 7.78. The van der Waals surface area contributed by atoms with Gasteiger partial charge in [-0.05, 0) is 0 Å². The quantitative estimate of drug-likeness (QED) is 0.434. The summed E-state index contributed by atoms with van der Waals surface area (Å²) in [5, 5.41) is 0. The molecule has 0 aromatic carbocycles. The second-order valence-corrected chi connectivity index (χ2v) is 3.89. The molecule has 1 rings (SSSR count). The van der Waals surface area contributed by atoms with Crippen LogP contribution in [-0.4, -0.2) is 79.9 Å². The van der Waals surface area contributed by atoms with E-state index in [9.17, 15) is 0 Å². The first-order valence-electron chi connectivity index (χ1n) is 5.10. The number of hydrogen-bond acceptors (Lipinski definition) is 4. The van der Waals surface area contributed by atoms with Crippen molar-refractivity contribution in [3.05, 3.63) is 0 Å². The summed E-state index contributed by atoms with van der Waals surface area (Å²) in [7, 11) is 5.10. The molecule has 1 aliphatic rings. The van der Waals surface area contributed by atoms with Gasteiger partial charge in [0.25, 0.3) is 0 Å². The third kappa shape index (κ3) is 5.07. The van der Waals surface area contributed by atoms with E-state index in [0.29, 0.717) is 13.2 Å². The van der Waals surface area contributed by atoms with Gasteiger partial charge in [-0.15, -0.1) is 0 Å². The summed E-state index contributed by atoms with van der Waals surface area (Å²) >= 11 is 0. The SMILES string of the molecule is CN1CCN(CCOCCO[Si+3])CC1. The molecule has 5 heteroatoms. The molecule has 0 atom stereocenters. The average Bonchev–Trinajstić information content (AvgIpc) is 2.21. The number of rotatable bonds is 6. The Morgan fingerprint density at radius 3 is 2.43 bits per heavy atom. The summed E-state index contributed by atoms with van der Waals surface area (Å²) in [6, 6.07) is 0. The Morgan fingerprint density at radius 1 is 1.07 bits per heavy atom. The van der Waals surface area contributed by atoms with Crippen LogP contribution >= 0.6 is 0 Å². The van der Waals surface area contributed by atoms with E-state index in [2.05, 4.69) is 27.3 Å². The predicted octanol–water partition coefficient (Wildman–Crippen LogP) is -0.649. The fourth-order valence-electron chi connectivity index (χ4n) is 1.47. The number of piperazine rings is 1. The Hall–Kier alpha value is 0.0569. The van der Waals surface area contributed by atoms with Crippen molar-refractivity contribution in [3.63, 3.8) is 0 Å². The summed E-state index contributed by atoms with van der Waals surface area (Å²) < 4.78 is 10.1. The van der Waals surface area contributed by atoms with Gasteiger partial charge in [0, 0.05) is 0 Å². The molecular weight excluding hydrogens is 196 g/mol. The van der Waals surface area contributed by atoms with Gasteiger partial charge in [-0.2, -0.15) is 0 Å². The molecule has 14 heavy (non-hydrogen) atoms. The van der Waals surface area contributed by atoms with E-state index in [0.717, 1.165) is 26.2 Å². The first-order valence-corrected chi connectivity index (χ1v) is 5.51. The van der Waals surface area contributed by atoms with Crippen LogP contribution in [0.2, 0.25) is 0 Å². The summed E-state index contributed by atoms with van der Waals surface area (Å²) in [5.41, 5.74) is 0. The van der Waals surface area contributed by atoms with Crippen molar-refractivity contribution in [2.45, 2.75) is 0 Å². The number of nitrogens with zero attached hydrogens (tertiary/aromatic N) is 2. The maximum atomic E-state index is 5.39. The van der Waals surface area contributed by atoms with Gasteiger partial charge < -0.3 is 0 Å². The Bertz CT molecular complexity index is 141. The van der Waals surface area contributed by atoms with E-state index < -0.39 is 0 Å². The third-order valence-electron chi connectivity index (χ3n) is 2.48. The van der Waals surface area contributed by atoms with Crippen LogP contribution in [0.1, 0.15) is 0 Å². The molecule has 0 N–H and O–H groups in total. The van der Waals surface area contributed by atoms with Crippen molar-refractivity contribution in [2.24, 2.45) is 0 Å². The van der Waals surface area contributed by atoms with Crippen molar-refractivity contribution in [3.8, 4) is 0 Å². The second-order valence-electron chi connectivity index (χ2n) is 3.61. The Labute approximate surface area is 89.7 Å². The van der Waals surface area contributed by atoms with Gasteiger partial charge in [-0.1, -0.05) is 0 Å². The average molecular weight is 215 g/mol. The molecule has 0 aromatic heterocycles. The van der Waals surface area contributed by atoms with Gasteiger partial charge in [0.2, 0.25) is 0 Å². The van der Waals surface area contributed by atoms with E-state index >= 15 is 0 Å². The third-order valence-corrected chi connectivity index (χ3v) is 2.68. The van der Waals surface area contributed by atoms with E-state index in [1.165, 1.54) is 13.1 Å². The second kappa shape index (κ2) is 7.36. The van der Waals surface area contributed by atoms with Gasteiger partial charge in [0.1, 0.15) is 0 Å². The zero-order valence-electron chi connectivity index (χ0n) is 8.87. The minimum atomic E-state index is 0.611.